The van der Waals surface area contributed by atoms with E-state index >= 15 is 0 Å². The van der Waals surface area contributed by atoms with Crippen LogP contribution in [0.25, 0.3) is 11.1 Å². The van der Waals surface area contributed by atoms with Gasteiger partial charge in [-0.05, 0) is 71.6 Å². The molecule has 1 aliphatic rings. The predicted octanol–water partition coefficient (Wildman–Crippen LogP) is 5.46. The van der Waals surface area contributed by atoms with Crippen molar-refractivity contribution in [1.29, 1.82) is 0 Å². The van der Waals surface area contributed by atoms with Crippen LogP contribution >= 0.6 is 12.2 Å². The Kier molecular flexibility index (Phi) is 4.82. The summed E-state index contributed by atoms with van der Waals surface area (Å²) < 4.78 is 0. The molecule has 0 heterocycles. The molecule has 3 nitrogen and oxygen atoms in total. The maximum atomic E-state index is 5.84. The Morgan fingerprint density at radius 1 is 1.00 bits per heavy atom. The quantitative estimate of drug-likeness (QED) is 0.456. The first-order valence-corrected chi connectivity index (χ1v) is 9.72. The van der Waals surface area contributed by atoms with E-state index in [2.05, 4.69) is 77.8 Å². The molecule has 3 N–H and O–H groups in total. The van der Waals surface area contributed by atoms with Gasteiger partial charge in [0.2, 0.25) is 0 Å². The summed E-state index contributed by atoms with van der Waals surface area (Å²) >= 11 is 5.15. The highest BCUT2D eigenvalue weighted by molar-refractivity contribution is 7.80. The standard InChI is InChI=1S/C23H23N3S/c1-2-12-26(18-9-4-3-5-10-18)22-15-20-17(14-21(22)25-23(24)27)13-16-8-6-7-11-19(16)20/h3-11,14-15H,2,12-13H2,1H3,(H3,24,25,27). The fourth-order valence-electron chi connectivity index (χ4n) is 3.85. The van der Waals surface area contributed by atoms with Crippen molar-refractivity contribution in [2.24, 2.45) is 5.73 Å². The molecular weight excluding hydrogens is 350 g/mol. The van der Waals surface area contributed by atoms with Crippen LogP contribution in [0.2, 0.25) is 0 Å². The van der Waals surface area contributed by atoms with Crippen LogP contribution in [0.4, 0.5) is 17.1 Å². The van der Waals surface area contributed by atoms with Crippen LogP contribution in [0.15, 0.2) is 66.7 Å². The van der Waals surface area contributed by atoms with E-state index in [0.717, 1.165) is 36.4 Å². The number of nitrogens with two attached hydrogens (primary N) is 1. The Morgan fingerprint density at radius 3 is 2.48 bits per heavy atom. The van der Waals surface area contributed by atoms with Crippen LogP contribution < -0.4 is 16.0 Å². The molecule has 0 amide bonds. The zero-order valence-corrected chi connectivity index (χ0v) is 16.2. The number of nitrogens with zero attached hydrogens (tertiary/aromatic N) is 1. The van der Waals surface area contributed by atoms with Crippen molar-refractivity contribution in [1.82, 2.24) is 0 Å². The van der Waals surface area contributed by atoms with E-state index in [4.69, 9.17) is 18.0 Å². The minimum absolute atomic E-state index is 0.288. The zero-order valence-electron chi connectivity index (χ0n) is 15.4. The molecule has 0 spiro atoms. The topological polar surface area (TPSA) is 41.3 Å². The van der Waals surface area contributed by atoms with Gasteiger partial charge in [-0.2, -0.15) is 0 Å². The van der Waals surface area contributed by atoms with E-state index in [0.29, 0.717) is 0 Å². The van der Waals surface area contributed by atoms with Gasteiger partial charge in [0.1, 0.15) is 0 Å². The monoisotopic (exact) mass is 373 g/mol. The van der Waals surface area contributed by atoms with Crippen molar-refractivity contribution in [3.05, 3.63) is 77.9 Å². The minimum atomic E-state index is 0.288. The van der Waals surface area contributed by atoms with Gasteiger partial charge < -0.3 is 16.0 Å². The highest BCUT2D eigenvalue weighted by Gasteiger charge is 2.23. The summed E-state index contributed by atoms with van der Waals surface area (Å²) in [5.74, 6) is 0. The summed E-state index contributed by atoms with van der Waals surface area (Å²) in [6.45, 7) is 3.11. The van der Waals surface area contributed by atoms with E-state index in [1.54, 1.807) is 0 Å². The maximum Gasteiger partial charge on any atom is 0.168 e. The molecular formula is C23H23N3S. The van der Waals surface area contributed by atoms with Crippen molar-refractivity contribution in [2.45, 2.75) is 19.8 Å². The number of anilines is 3. The SMILES string of the molecule is CCCN(c1ccccc1)c1cc2c(cc1NC(N)=S)Cc1ccccc1-2. The number of hydrogen-bond donors (Lipinski definition) is 2. The lowest BCUT2D eigenvalue weighted by Crippen LogP contribution is -2.23. The van der Waals surface area contributed by atoms with Gasteiger partial charge in [-0.3, -0.25) is 0 Å². The van der Waals surface area contributed by atoms with E-state index in [1.807, 2.05) is 6.07 Å². The summed E-state index contributed by atoms with van der Waals surface area (Å²) in [4.78, 5) is 2.34. The average Bonchev–Trinajstić information content (AvgIpc) is 3.03. The summed E-state index contributed by atoms with van der Waals surface area (Å²) in [5, 5.41) is 3.49. The smallest absolute Gasteiger partial charge is 0.168 e. The second kappa shape index (κ2) is 7.41. The summed E-state index contributed by atoms with van der Waals surface area (Å²) in [5.41, 5.74) is 14.4. The van der Waals surface area contributed by atoms with Gasteiger partial charge in [0, 0.05) is 12.2 Å². The van der Waals surface area contributed by atoms with Crippen LogP contribution in [0.3, 0.4) is 0 Å². The van der Waals surface area contributed by atoms with Crippen LogP contribution in [0, 0.1) is 0 Å². The number of nitrogens with one attached hydrogen (secondary N) is 1. The third-order valence-electron chi connectivity index (χ3n) is 4.97. The Hall–Kier alpha value is -2.85. The van der Waals surface area contributed by atoms with Gasteiger partial charge in [-0.25, -0.2) is 0 Å². The molecule has 4 heteroatoms. The van der Waals surface area contributed by atoms with E-state index in [1.165, 1.54) is 22.3 Å². The molecule has 0 bridgehead atoms. The number of rotatable bonds is 5. The molecule has 27 heavy (non-hydrogen) atoms. The summed E-state index contributed by atoms with van der Waals surface area (Å²) in [6, 6.07) is 23.6. The molecule has 0 radical (unpaired) electrons. The van der Waals surface area contributed by atoms with Crippen molar-refractivity contribution in [2.75, 3.05) is 16.8 Å². The van der Waals surface area contributed by atoms with Crippen molar-refractivity contribution < 1.29 is 0 Å². The molecule has 0 saturated carbocycles. The molecule has 0 aliphatic heterocycles. The van der Waals surface area contributed by atoms with Gasteiger partial charge in [-0.15, -0.1) is 0 Å². The molecule has 136 valence electrons. The number of hydrogen-bond acceptors (Lipinski definition) is 2. The first-order valence-electron chi connectivity index (χ1n) is 9.31. The molecule has 3 aromatic rings. The molecule has 0 saturated heterocycles. The summed E-state index contributed by atoms with van der Waals surface area (Å²) in [6.07, 6.45) is 1.98. The molecule has 1 aliphatic carbocycles. The Labute approximate surface area is 165 Å². The Balaban J connectivity index is 1.88. The zero-order chi connectivity index (χ0) is 18.8. The second-order valence-corrected chi connectivity index (χ2v) is 7.28. The Bertz CT molecular complexity index is 982. The molecule has 4 rings (SSSR count). The minimum Gasteiger partial charge on any atom is -0.376 e. The molecule has 0 atom stereocenters. The van der Waals surface area contributed by atoms with Gasteiger partial charge in [0.05, 0.1) is 11.4 Å². The molecule has 0 fully saturated rings. The van der Waals surface area contributed by atoms with Crippen molar-refractivity contribution in [3.8, 4) is 11.1 Å². The third-order valence-corrected chi connectivity index (χ3v) is 5.08. The summed E-state index contributed by atoms with van der Waals surface area (Å²) in [7, 11) is 0. The lowest BCUT2D eigenvalue weighted by molar-refractivity contribution is 0.886. The van der Waals surface area contributed by atoms with Crippen LogP contribution in [-0.4, -0.2) is 11.7 Å². The molecule has 3 aromatic carbocycles. The van der Waals surface area contributed by atoms with Crippen molar-refractivity contribution in [3.63, 3.8) is 0 Å². The number of thiocarbonyl (C=S) groups is 1. The van der Waals surface area contributed by atoms with Gasteiger partial charge in [0.15, 0.2) is 5.11 Å². The number of benzene rings is 3. The van der Waals surface area contributed by atoms with Gasteiger partial charge >= 0.3 is 0 Å². The molecule has 0 aromatic heterocycles. The first-order chi connectivity index (χ1) is 13.2. The van der Waals surface area contributed by atoms with Gasteiger partial charge in [-0.1, -0.05) is 49.4 Å². The lowest BCUT2D eigenvalue weighted by Gasteiger charge is -2.28. The fraction of sp³-hybridized carbons (Fsp3) is 0.174. The Morgan fingerprint density at radius 2 is 1.74 bits per heavy atom. The first kappa shape index (κ1) is 17.6. The predicted molar refractivity (Wildman–Crippen MR) is 119 cm³/mol. The highest BCUT2D eigenvalue weighted by Crippen LogP contribution is 2.43. The average molecular weight is 374 g/mol. The molecule has 0 unspecified atom stereocenters. The fourth-order valence-corrected chi connectivity index (χ4v) is 3.96. The van der Waals surface area contributed by atoms with E-state index < -0.39 is 0 Å². The van der Waals surface area contributed by atoms with Crippen LogP contribution in [0.5, 0.6) is 0 Å². The lowest BCUT2D eigenvalue weighted by atomic mass is 10.0. The maximum absolute atomic E-state index is 5.84. The van der Waals surface area contributed by atoms with Crippen LogP contribution in [0.1, 0.15) is 24.5 Å². The van der Waals surface area contributed by atoms with E-state index in [9.17, 15) is 0 Å². The highest BCUT2D eigenvalue weighted by atomic mass is 32.1. The largest absolute Gasteiger partial charge is 0.376 e. The number of para-hydroxylation sites is 1. The van der Waals surface area contributed by atoms with Crippen molar-refractivity contribution >= 4 is 34.4 Å². The van der Waals surface area contributed by atoms with Crippen LogP contribution in [-0.2, 0) is 6.42 Å². The number of fused-ring (bicyclic) bond motifs is 3. The normalized spacial score (nSPS) is 11.6. The van der Waals surface area contributed by atoms with Gasteiger partial charge in [0.25, 0.3) is 0 Å². The van der Waals surface area contributed by atoms with E-state index in [-0.39, 0.29) is 5.11 Å². The third kappa shape index (κ3) is 3.40. The second-order valence-electron chi connectivity index (χ2n) is 6.84.